The first kappa shape index (κ1) is 23.4. The zero-order chi connectivity index (χ0) is 25.1. The van der Waals surface area contributed by atoms with Gasteiger partial charge >= 0.3 is 0 Å². The van der Waals surface area contributed by atoms with E-state index in [1.165, 1.54) is 12.1 Å². The van der Waals surface area contributed by atoms with Crippen LogP contribution in [0.1, 0.15) is 37.8 Å². The summed E-state index contributed by atoms with van der Waals surface area (Å²) >= 11 is 0. The molecule has 182 valence electrons. The van der Waals surface area contributed by atoms with Gasteiger partial charge in [0.25, 0.3) is 0 Å². The minimum Gasteiger partial charge on any atom is -0.354 e. The fourth-order valence-electron chi connectivity index (χ4n) is 4.31. The maximum atomic E-state index is 14.1. The van der Waals surface area contributed by atoms with E-state index in [0.717, 1.165) is 33.3 Å². The Morgan fingerprint density at radius 3 is 2.58 bits per heavy atom. The van der Waals surface area contributed by atoms with E-state index in [9.17, 15) is 9.18 Å². The summed E-state index contributed by atoms with van der Waals surface area (Å²) in [5.74, 6) is 0.363. The molecule has 8 heteroatoms. The molecule has 0 fully saturated rings. The van der Waals surface area contributed by atoms with Gasteiger partial charge in [0.1, 0.15) is 11.9 Å². The van der Waals surface area contributed by atoms with Gasteiger partial charge in [0.15, 0.2) is 0 Å². The Balaban J connectivity index is 1.35. The number of rotatable bonds is 8. The predicted molar refractivity (Wildman–Crippen MR) is 135 cm³/mol. The van der Waals surface area contributed by atoms with Crippen LogP contribution in [-0.2, 0) is 11.2 Å². The number of pyridine rings is 1. The van der Waals surface area contributed by atoms with Crippen molar-refractivity contribution >= 4 is 16.8 Å². The van der Waals surface area contributed by atoms with Gasteiger partial charge in [-0.05, 0) is 53.8 Å². The van der Waals surface area contributed by atoms with Gasteiger partial charge in [0.05, 0.1) is 0 Å². The minimum absolute atomic E-state index is 0.0294. The Kier molecular flexibility index (Phi) is 6.58. The van der Waals surface area contributed by atoms with Crippen molar-refractivity contribution < 1.29 is 13.7 Å². The molecule has 1 amide bonds. The van der Waals surface area contributed by atoms with Gasteiger partial charge in [-0.3, -0.25) is 9.78 Å². The lowest BCUT2D eigenvalue weighted by molar-refractivity contribution is -0.122. The van der Waals surface area contributed by atoms with E-state index < -0.39 is 6.04 Å². The number of nitrogens with one attached hydrogen (secondary N) is 2. The molecule has 2 N–H and O–H groups in total. The SMILES string of the molecule is CC(C)C(NC(=O)CCc1c(-c2ccccc2)[nH]c2ccc(F)cc12)c1nc(-c2ccncc2)no1. The molecular weight excluding hydrogens is 457 g/mol. The van der Waals surface area contributed by atoms with Gasteiger partial charge in [0, 0.05) is 41.0 Å². The zero-order valence-electron chi connectivity index (χ0n) is 20.0. The number of nitrogens with zero attached hydrogens (tertiary/aromatic N) is 3. The summed E-state index contributed by atoms with van der Waals surface area (Å²) in [5.41, 5.74) is 4.40. The first-order chi connectivity index (χ1) is 17.5. The number of H-pyrrole nitrogens is 1. The second-order valence-corrected chi connectivity index (χ2v) is 9.02. The molecule has 0 radical (unpaired) electrons. The highest BCUT2D eigenvalue weighted by molar-refractivity contribution is 5.91. The molecule has 3 aromatic heterocycles. The fourth-order valence-corrected chi connectivity index (χ4v) is 4.31. The number of fused-ring (bicyclic) bond motifs is 1. The number of aromatic nitrogens is 4. The van der Waals surface area contributed by atoms with Crippen molar-refractivity contribution in [3.63, 3.8) is 0 Å². The monoisotopic (exact) mass is 483 g/mol. The summed E-state index contributed by atoms with van der Waals surface area (Å²) in [6, 6.07) is 17.7. The van der Waals surface area contributed by atoms with E-state index in [0.29, 0.717) is 18.1 Å². The number of hydrogen-bond donors (Lipinski definition) is 2. The highest BCUT2D eigenvalue weighted by atomic mass is 19.1. The van der Waals surface area contributed by atoms with Crippen LogP contribution in [0.15, 0.2) is 77.6 Å². The van der Waals surface area contributed by atoms with Crippen molar-refractivity contribution in [2.75, 3.05) is 0 Å². The highest BCUT2D eigenvalue weighted by Gasteiger charge is 2.25. The van der Waals surface area contributed by atoms with Crippen LogP contribution >= 0.6 is 0 Å². The molecule has 0 aliphatic carbocycles. The van der Waals surface area contributed by atoms with Crippen molar-refractivity contribution in [2.24, 2.45) is 5.92 Å². The Morgan fingerprint density at radius 1 is 1.06 bits per heavy atom. The number of hydrogen-bond acceptors (Lipinski definition) is 5. The standard InChI is InChI=1S/C28H26FN5O2/c1-17(2)25(28-33-27(34-36-28)19-12-14-30-15-13-19)32-24(35)11-9-21-22-16-20(29)8-10-23(22)31-26(21)18-6-4-3-5-7-18/h3-8,10,12-17,25,31H,9,11H2,1-2H3,(H,32,35). The molecule has 36 heavy (non-hydrogen) atoms. The molecule has 0 aliphatic heterocycles. The molecule has 2 aromatic carbocycles. The van der Waals surface area contributed by atoms with Crippen LogP contribution in [0.5, 0.6) is 0 Å². The van der Waals surface area contributed by atoms with Gasteiger partial charge < -0.3 is 14.8 Å². The number of carbonyl (C=O) groups excluding carboxylic acids is 1. The van der Waals surface area contributed by atoms with Crippen molar-refractivity contribution in [2.45, 2.75) is 32.7 Å². The third-order valence-electron chi connectivity index (χ3n) is 6.16. The normalized spacial score (nSPS) is 12.2. The van der Waals surface area contributed by atoms with Gasteiger partial charge in [-0.1, -0.05) is 49.3 Å². The molecule has 0 saturated heterocycles. The number of aromatic amines is 1. The number of carbonyl (C=O) groups is 1. The zero-order valence-corrected chi connectivity index (χ0v) is 20.0. The first-order valence-electron chi connectivity index (χ1n) is 11.9. The third-order valence-corrected chi connectivity index (χ3v) is 6.16. The van der Waals surface area contributed by atoms with E-state index >= 15 is 0 Å². The quantitative estimate of drug-likeness (QED) is 0.288. The van der Waals surface area contributed by atoms with Gasteiger partial charge in [-0.15, -0.1) is 0 Å². The number of aryl methyl sites for hydroxylation is 1. The largest absolute Gasteiger partial charge is 0.354 e. The van der Waals surface area contributed by atoms with Gasteiger partial charge in [0.2, 0.25) is 17.6 Å². The lowest BCUT2D eigenvalue weighted by atomic mass is 10.00. The lowest BCUT2D eigenvalue weighted by Gasteiger charge is -2.18. The van der Waals surface area contributed by atoms with Crippen LogP contribution in [0.2, 0.25) is 0 Å². The van der Waals surface area contributed by atoms with Crippen molar-refractivity contribution in [1.82, 2.24) is 25.4 Å². The van der Waals surface area contributed by atoms with Crippen LogP contribution in [0, 0.1) is 11.7 Å². The van der Waals surface area contributed by atoms with Gasteiger partial charge in [-0.2, -0.15) is 4.98 Å². The molecule has 0 spiro atoms. The molecular formula is C28H26FN5O2. The van der Waals surface area contributed by atoms with Crippen LogP contribution < -0.4 is 5.32 Å². The molecule has 0 bridgehead atoms. The van der Waals surface area contributed by atoms with Crippen molar-refractivity contribution in [3.8, 4) is 22.6 Å². The van der Waals surface area contributed by atoms with E-state index in [1.54, 1.807) is 30.6 Å². The molecule has 1 atom stereocenters. The fraction of sp³-hybridized carbons (Fsp3) is 0.214. The highest BCUT2D eigenvalue weighted by Crippen LogP contribution is 2.32. The first-order valence-corrected chi connectivity index (χ1v) is 11.9. The topological polar surface area (TPSA) is 96.7 Å². The Labute approximate surface area is 207 Å². The van der Waals surface area contributed by atoms with E-state index in [1.807, 2.05) is 44.2 Å². The van der Waals surface area contributed by atoms with E-state index in [4.69, 9.17) is 4.52 Å². The van der Waals surface area contributed by atoms with E-state index in [-0.39, 0.29) is 24.1 Å². The van der Waals surface area contributed by atoms with Crippen LogP contribution in [0.3, 0.4) is 0 Å². The Bertz CT molecular complexity index is 1480. The molecule has 1 unspecified atom stereocenters. The molecule has 3 heterocycles. The number of amides is 1. The van der Waals surface area contributed by atoms with Crippen LogP contribution in [0.4, 0.5) is 4.39 Å². The summed E-state index contributed by atoms with van der Waals surface area (Å²) in [7, 11) is 0. The molecule has 5 aromatic rings. The number of benzene rings is 2. The summed E-state index contributed by atoms with van der Waals surface area (Å²) in [6.45, 7) is 3.97. The third kappa shape index (κ3) is 4.88. The predicted octanol–water partition coefficient (Wildman–Crippen LogP) is 5.87. The molecule has 5 rings (SSSR count). The summed E-state index contributed by atoms with van der Waals surface area (Å²) < 4.78 is 19.6. The van der Waals surface area contributed by atoms with Crippen LogP contribution in [-0.4, -0.2) is 26.0 Å². The molecule has 0 saturated carbocycles. The summed E-state index contributed by atoms with van der Waals surface area (Å²) in [6.07, 6.45) is 3.98. The number of halogens is 1. The molecule has 0 aliphatic rings. The average Bonchev–Trinajstić information content (AvgIpc) is 3.52. The van der Waals surface area contributed by atoms with Gasteiger partial charge in [-0.25, -0.2) is 4.39 Å². The Morgan fingerprint density at radius 2 is 1.83 bits per heavy atom. The summed E-state index contributed by atoms with van der Waals surface area (Å²) in [4.78, 5) is 25.0. The molecule has 7 nitrogen and oxygen atoms in total. The van der Waals surface area contributed by atoms with Crippen molar-refractivity contribution in [3.05, 3.63) is 90.3 Å². The van der Waals surface area contributed by atoms with Crippen molar-refractivity contribution in [1.29, 1.82) is 0 Å². The van der Waals surface area contributed by atoms with Crippen LogP contribution in [0.25, 0.3) is 33.5 Å². The smallest absolute Gasteiger partial charge is 0.249 e. The maximum absolute atomic E-state index is 14.1. The second kappa shape index (κ2) is 10.1. The van der Waals surface area contributed by atoms with E-state index in [2.05, 4.69) is 25.4 Å². The lowest BCUT2D eigenvalue weighted by Crippen LogP contribution is -2.32. The maximum Gasteiger partial charge on any atom is 0.249 e. The average molecular weight is 484 g/mol. The Hall–Kier alpha value is -4.33. The second-order valence-electron chi connectivity index (χ2n) is 9.02. The summed E-state index contributed by atoms with van der Waals surface area (Å²) in [5, 5.41) is 7.89. The minimum atomic E-state index is -0.436.